The molecule has 2 N–H and O–H groups in total. The Kier molecular flexibility index (Phi) is 2.54. The van der Waals surface area contributed by atoms with Crippen molar-refractivity contribution < 1.29 is 14.3 Å². The van der Waals surface area contributed by atoms with Gasteiger partial charge in [0.1, 0.15) is 11.5 Å². The number of aliphatic carboxylic acids is 1. The summed E-state index contributed by atoms with van der Waals surface area (Å²) in [4.78, 5) is 10.4. The summed E-state index contributed by atoms with van der Waals surface area (Å²) in [7, 11) is 0. The molecule has 0 fully saturated rings. The molecule has 1 aliphatic heterocycles. The minimum atomic E-state index is -0.780. The second-order valence-corrected chi connectivity index (χ2v) is 3.48. The number of nitrogens with one attached hydrogen (secondary N) is 1. The van der Waals surface area contributed by atoms with Crippen LogP contribution in [0.3, 0.4) is 0 Å². The third-order valence-electron chi connectivity index (χ3n) is 2.38. The first-order valence-electron chi connectivity index (χ1n) is 4.78. The zero-order valence-electron chi connectivity index (χ0n) is 7.88. The van der Waals surface area contributed by atoms with Crippen molar-refractivity contribution in [3.63, 3.8) is 0 Å². The molecule has 0 bridgehead atoms. The Labute approximate surface area is 81.9 Å². The van der Waals surface area contributed by atoms with Gasteiger partial charge in [0, 0.05) is 31.5 Å². The zero-order valence-corrected chi connectivity index (χ0v) is 7.88. The highest BCUT2D eigenvalue weighted by atomic mass is 16.4. The first-order chi connectivity index (χ1) is 6.75. The molecular formula is C10H13NO3. The van der Waals surface area contributed by atoms with E-state index in [0.717, 1.165) is 31.0 Å². The molecule has 4 nitrogen and oxygen atoms in total. The molecule has 0 aromatic carbocycles. The summed E-state index contributed by atoms with van der Waals surface area (Å²) in [6.07, 6.45) is 1.53. The number of aryl methyl sites for hydroxylation is 1. The van der Waals surface area contributed by atoms with Gasteiger partial charge >= 0.3 is 5.97 Å². The van der Waals surface area contributed by atoms with E-state index < -0.39 is 5.97 Å². The maximum Gasteiger partial charge on any atom is 0.303 e. The van der Waals surface area contributed by atoms with Crippen LogP contribution < -0.4 is 5.32 Å². The molecule has 0 amide bonds. The van der Waals surface area contributed by atoms with E-state index >= 15 is 0 Å². The molecule has 0 saturated carbocycles. The van der Waals surface area contributed by atoms with E-state index in [-0.39, 0.29) is 6.42 Å². The Hall–Kier alpha value is -1.29. The highest BCUT2D eigenvalue weighted by Crippen LogP contribution is 2.19. The Morgan fingerprint density at radius 3 is 3.21 bits per heavy atom. The average Bonchev–Trinajstić information content (AvgIpc) is 2.57. The standard InChI is InChI=1S/C10H13NO3/c12-10(13)2-1-8-5-7-6-11-4-3-9(7)14-8/h5,11H,1-4,6H2,(H,12,13). The van der Waals surface area contributed by atoms with E-state index in [1.807, 2.05) is 6.07 Å². The first kappa shape index (κ1) is 9.27. The third-order valence-corrected chi connectivity index (χ3v) is 2.38. The summed E-state index contributed by atoms with van der Waals surface area (Å²) in [5.41, 5.74) is 1.18. The Morgan fingerprint density at radius 1 is 1.64 bits per heavy atom. The molecule has 76 valence electrons. The van der Waals surface area contributed by atoms with Gasteiger partial charge in [-0.2, -0.15) is 0 Å². The quantitative estimate of drug-likeness (QED) is 0.753. The summed E-state index contributed by atoms with van der Waals surface area (Å²) in [6.45, 7) is 1.78. The maximum atomic E-state index is 10.4. The summed E-state index contributed by atoms with van der Waals surface area (Å²) < 4.78 is 5.55. The van der Waals surface area contributed by atoms with Crippen LogP contribution in [0.4, 0.5) is 0 Å². The predicted molar refractivity (Wildman–Crippen MR) is 50.1 cm³/mol. The van der Waals surface area contributed by atoms with Crippen molar-refractivity contribution in [2.24, 2.45) is 0 Å². The monoisotopic (exact) mass is 195 g/mol. The number of fused-ring (bicyclic) bond motifs is 1. The number of furan rings is 1. The van der Waals surface area contributed by atoms with E-state index in [1.54, 1.807) is 0 Å². The molecule has 0 saturated heterocycles. The molecule has 2 heterocycles. The van der Waals surface area contributed by atoms with E-state index in [4.69, 9.17) is 9.52 Å². The van der Waals surface area contributed by atoms with Crippen molar-refractivity contribution in [3.05, 3.63) is 23.2 Å². The molecule has 2 rings (SSSR count). The fourth-order valence-corrected chi connectivity index (χ4v) is 1.67. The summed E-state index contributed by atoms with van der Waals surface area (Å²) in [5, 5.41) is 11.8. The van der Waals surface area contributed by atoms with Crippen molar-refractivity contribution in [2.45, 2.75) is 25.8 Å². The lowest BCUT2D eigenvalue weighted by Gasteiger charge is -2.09. The van der Waals surface area contributed by atoms with E-state index in [0.29, 0.717) is 6.42 Å². The molecule has 0 unspecified atom stereocenters. The van der Waals surface area contributed by atoms with Crippen LogP contribution in [0.5, 0.6) is 0 Å². The minimum Gasteiger partial charge on any atom is -0.481 e. The fourth-order valence-electron chi connectivity index (χ4n) is 1.67. The molecule has 4 heteroatoms. The molecule has 14 heavy (non-hydrogen) atoms. The summed E-state index contributed by atoms with van der Waals surface area (Å²) >= 11 is 0. The van der Waals surface area contributed by atoms with Gasteiger partial charge < -0.3 is 14.8 Å². The molecular weight excluding hydrogens is 182 g/mol. The van der Waals surface area contributed by atoms with E-state index in [9.17, 15) is 4.79 Å². The van der Waals surface area contributed by atoms with Gasteiger partial charge in [-0.15, -0.1) is 0 Å². The van der Waals surface area contributed by atoms with Crippen LogP contribution in [0.15, 0.2) is 10.5 Å². The highest BCUT2D eigenvalue weighted by Gasteiger charge is 2.14. The molecule has 0 spiro atoms. The van der Waals surface area contributed by atoms with Gasteiger partial charge in [0.15, 0.2) is 0 Å². The van der Waals surface area contributed by atoms with Crippen LogP contribution in [0.25, 0.3) is 0 Å². The van der Waals surface area contributed by atoms with Crippen LogP contribution in [-0.4, -0.2) is 17.6 Å². The average molecular weight is 195 g/mol. The molecule has 1 aromatic rings. The molecule has 0 radical (unpaired) electrons. The van der Waals surface area contributed by atoms with Crippen molar-refractivity contribution >= 4 is 5.97 Å². The van der Waals surface area contributed by atoms with Crippen molar-refractivity contribution in [1.82, 2.24) is 5.32 Å². The van der Waals surface area contributed by atoms with Crippen molar-refractivity contribution in [2.75, 3.05) is 6.54 Å². The van der Waals surface area contributed by atoms with E-state index in [1.165, 1.54) is 5.56 Å². The molecule has 0 aliphatic carbocycles. The Balaban J connectivity index is 2.04. The van der Waals surface area contributed by atoms with Crippen molar-refractivity contribution in [1.29, 1.82) is 0 Å². The SMILES string of the molecule is O=C(O)CCc1cc2c(o1)CCNC2. The molecule has 0 atom stereocenters. The molecule has 1 aliphatic rings. The van der Waals surface area contributed by atoms with Crippen molar-refractivity contribution in [3.8, 4) is 0 Å². The van der Waals surface area contributed by atoms with Crippen LogP contribution in [0, 0.1) is 0 Å². The second kappa shape index (κ2) is 3.84. The lowest BCUT2D eigenvalue weighted by atomic mass is 10.1. The van der Waals surface area contributed by atoms with Gasteiger partial charge in [-0.1, -0.05) is 0 Å². The number of carboxylic acid groups (broad SMARTS) is 1. The van der Waals surface area contributed by atoms with Gasteiger partial charge in [0.25, 0.3) is 0 Å². The second-order valence-electron chi connectivity index (χ2n) is 3.48. The number of hydrogen-bond acceptors (Lipinski definition) is 3. The molecule has 1 aromatic heterocycles. The highest BCUT2D eigenvalue weighted by molar-refractivity contribution is 5.66. The maximum absolute atomic E-state index is 10.4. The zero-order chi connectivity index (χ0) is 9.97. The van der Waals surface area contributed by atoms with Crippen LogP contribution in [-0.2, 0) is 24.2 Å². The minimum absolute atomic E-state index is 0.139. The van der Waals surface area contributed by atoms with Gasteiger partial charge in [0.05, 0.1) is 6.42 Å². The summed E-state index contributed by atoms with van der Waals surface area (Å²) in [5.74, 6) is 1.03. The Bertz CT molecular complexity index is 320. The van der Waals surface area contributed by atoms with Gasteiger partial charge in [-0.25, -0.2) is 0 Å². The number of carboxylic acids is 1. The smallest absolute Gasteiger partial charge is 0.303 e. The van der Waals surface area contributed by atoms with Crippen LogP contribution in [0.2, 0.25) is 0 Å². The van der Waals surface area contributed by atoms with Crippen LogP contribution in [0.1, 0.15) is 23.5 Å². The van der Waals surface area contributed by atoms with E-state index in [2.05, 4.69) is 5.32 Å². The van der Waals surface area contributed by atoms with Gasteiger partial charge in [-0.3, -0.25) is 4.79 Å². The lowest BCUT2D eigenvalue weighted by molar-refractivity contribution is -0.137. The largest absolute Gasteiger partial charge is 0.481 e. The number of hydrogen-bond donors (Lipinski definition) is 2. The van der Waals surface area contributed by atoms with Gasteiger partial charge in [-0.05, 0) is 6.07 Å². The number of rotatable bonds is 3. The summed E-state index contributed by atoms with van der Waals surface area (Å²) in [6, 6.07) is 1.96. The fraction of sp³-hybridized carbons (Fsp3) is 0.500. The Morgan fingerprint density at radius 2 is 2.50 bits per heavy atom. The van der Waals surface area contributed by atoms with Crippen LogP contribution >= 0.6 is 0 Å². The third kappa shape index (κ3) is 1.96. The topological polar surface area (TPSA) is 62.5 Å². The lowest BCUT2D eigenvalue weighted by Crippen LogP contribution is -2.22. The normalized spacial score (nSPS) is 15.1. The first-order valence-corrected chi connectivity index (χ1v) is 4.78. The van der Waals surface area contributed by atoms with Gasteiger partial charge in [0.2, 0.25) is 0 Å². The predicted octanol–water partition coefficient (Wildman–Crippen LogP) is 0.943. The number of carbonyl (C=O) groups is 1.